The number of fused-ring (bicyclic) bond motifs is 1. The molecule has 5 rings (SSSR count). The largest absolute Gasteiger partial charge is 0.366 e. The molecule has 0 radical (unpaired) electrons. The second-order valence-electron chi connectivity index (χ2n) is 6.67. The van der Waals surface area contributed by atoms with E-state index in [-0.39, 0.29) is 0 Å². The first-order valence-electron chi connectivity index (χ1n) is 8.99. The minimum absolute atomic E-state index is 0.413. The average molecular weight is 361 g/mol. The molecule has 1 saturated heterocycles. The molecule has 1 aliphatic heterocycles. The molecule has 1 atom stereocenters. The lowest BCUT2D eigenvalue weighted by Gasteiger charge is -2.12. The Morgan fingerprint density at radius 2 is 2.15 bits per heavy atom. The number of nitrogens with zero attached hydrogens (tertiary/aromatic N) is 5. The first kappa shape index (κ1) is 16.0. The van der Waals surface area contributed by atoms with E-state index in [9.17, 15) is 0 Å². The van der Waals surface area contributed by atoms with E-state index >= 15 is 0 Å². The maximum absolute atomic E-state index is 5.17. The molecule has 8 heteroatoms. The Morgan fingerprint density at radius 1 is 1.19 bits per heavy atom. The van der Waals surface area contributed by atoms with Crippen molar-refractivity contribution < 1.29 is 4.52 Å². The molecule has 27 heavy (non-hydrogen) atoms. The lowest BCUT2D eigenvalue weighted by Crippen LogP contribution is -2.22. The molecule has 0 amide bonds. The quantitative estimate of drug-likeness (QED) is 0.577. The zero-order valence-corrected chi connectivity index (χ0v) is 14.9. The van der Waals surface area contributed by atoms with Crippen LogP contribution in [0.25, 0.3) is 28.3 Å². The van der Waals surface area contributed by atoms with E-state index < -0.39 is 0 Å². The molecule has 4 aromatic heterocycles. The number of rotatable bonds is 4. The van der Waals surface area contributed by atoms with Crippen molar-refractivity contribution in [2.75, 3.05) is 18.4 Å². The number of hydrogen-bond donors (Lipinski definition) is 2. The van der Waals surface area contributed by atoms with E-state index in [0.29, 0.717) is 6.04 Å². The third-order valence-electron chi connectivity index (χ3n) is 4.81. The summed E-state index contributed by atoms with van der Waals surface area (Å²) in [6, 6.07) is 10.2. The van der Waals surface area contributed by atoms with Crippen LogP contribution in [0.1, 0.15) is 12.2 Å². The van der Waals surface area contributed by atoms with Gasteiger partial charge < -0.3 is 15.2 Å². The van der Waals surface area contributed by atoms with Crippen molar-refractivity contribution in [2.45, 2.75) is 19.4 Å². The minimum atomic E-state index is 0.413. The van der Waals surface area contributed by atoms with Crippen LogP contribution in [0.15, 0.2) is 47.2 Å². The summed E-state index contributed by atoms with van der Waals surface area (Å²) in [6.45, 7) is 3.88. The fourth-order valence-corrected chi connectivity index (χ4v) is 3.38. The van der Waals surface area contributed by atoms with Gasteiger partial charge in [0.15, 0.2) is 5.65 Å². The standard InChI is InChI=1S/C19H19N7O/c1-12-14(10-22-27-12)15-5-6-19-21-11-17(26(19)25-15)16-3-2-4-18(24-16)23-13-7-8-20-9-13/h2-6,10-11,13,20H,7-9H2,1H3,(H,23,24). The summed E-state index contributed by atoms with van der Waals surface area (Å²) in [4.78, 5) is 9.23. The van der Waals surface area contributed by atoms with Crippen molar-refractivity contribution in [3.8, 4) is 22.6 Å². The van der Waals surface area contributed by atoms with Crippen LogP contribution in [0, 0.1) is 6.92 Å². The van der Waals surface area contributed by atoms with Gasteiger partial charge in [-0.1, -0.05) is 11.2 Å². The maximum Gasteiger partial charge on any atom is 0.154 e. The average Bonchev–Trinajstić information content (AvgIpc) is 3.42. The Bertz CT molecular complexity index is 1090. The molecule has 1 unspecified atom stereocenters. The molecule has 5 heterocycles. The molecule has 136 valence electrons. The summed E-state index contributed by atoms with van der Waals surface area (Å²) in [5, 5.41) is 15.4. The van der Waals surface area contributed by atoms with Crippen molar-refractivity contribution in [1.29, 1.82) is 0 Å². The van der Waals surface area contributed by atoms with Gasteiger partial charge >= 0.3 is 0 Å². The zero-order valence-electron chi connectivity index (χ0n) is 14.9. The summed E-state index contributed by atoms with van der Waals surface area (Å²) in [6.07, 6.45) is 4.58. The number of aromatic nitrogens is 5. The summed E-state index contributed by atoms with van der Waals surface area (Å²) in [5.41, 5.74) is 4.09. The van der Waals surface area contributed by atoms with Gasteiger partial charge in [0.05, 0.1) is 29.3 Å². The highest BCUT2D eigenvalue weighted by molar-refractivity contribution is 5.65. The van der Waals surface area contributed by atoms with Gasteiger partial charge in [0.25, 0.3) is 0 Å². The lowest BCUT2D eigenvalue weighted by molar-refractivity contribution is 0.398. The van der Waals surface area contributed by atoms with Crippen LogP contribution in [0.5, 0.6) is 0 Å². The van der Waals surface area contributed by atoms with Crippen LogP contribution in [0.4, 0.5) is 5.82 Å². The molecule has 4 aromatic rings. The van der Waals surface area contributed by atoms with Crippen molar-refractivity contribution in [3.63, 3.8) is 0 Å². The van der Waals surface area contributed by atoms with Crippen molar-refractivity contribution >= 4 is 11.5 Å². The first-order valence-corrected chi connectivity index (χ1v) is 8.99. The van der Waals surface area contributed by atoms with Crippen LogP contribution < -0.4 is 10.6 Å². The highest BCUT2D eigenvalue weighted by Gasteiger charge is 2.16. The van der Waals surface area contributed by atoms with Gasteiger partial charge in [-0.2, -0.15) is 5.10 Å². The van der Waals surface area contributed by atoms with Crippen LogP contribution in [-0.2, 0) is 0 Å². The van der Waals surface area contributed by atoms with Gasteiger partial charge in [0, 0.05) is 12.6 Å². The maximum atomic E-state index is 5.17. The van der Waals surface area contributed by atoms with E-state index in [1.54, 1.807) is 12.4 Å². The van der Waals surface area contributed by atoms with Crippen LogP contribution in [-0.4, -0.2) is 43.9 Å². The van der Waals surface area contributed by atoms with E-state index in [4.69, 9.17) is 14.6 Å². The molecule has 1 fully saturated rings. The molecule has 0 aliphatic carbocycles. The van der Waals surface area contributed by atoms with Crippen molar-refractivity contribution in [2.24, 2.45) is 0 Å². The number of anilines is 1. The summed E-state index contributed by atoms with van der Waals surface area (Å²) < 4.78 is 6.98. The Balaban J connectivity index is 1.54. The van der Waals surface area contributed by atoms with Crippen LogP contribution in [0.3, 0.4) is 0 Å². The number of hydrogen-bond acceptors (Lipinski definition) is 7. The SMILES string of the molecule is Cc1oncc1-c1ccc2ncc(-c3cccc(NC4CCNC4)n3)n2n1. The van der Waals surface area contributed by atoms with E-state index in [1.807, 2.05) is 41.8 Å². The fourth-order valence-electron chi connectivity index (χ4n) is 3.38. The molecule has 0 spiro atoms. The number of pyridine rings is 1. The third kappa shape index (κ3) is 2.93. The topological polar surface area (TPSA) is 93.2 Å². The van der Waals surface area contributed by atoms with Gasteiger partial charge in [-0.05, 0) is 44.2 Å². The van der Waals surface area contributed by atoms with E-state index in [1.165, 1.54) is 0 Å². The Hall–Kier alpha value is -3.26. The second-order valence-corrected chi connectivity index (χ2v) is 6.67. The summed E-state index contributed by atoms with van der Waals surface area (Å²) in [7, 11) is 0. The molecule has 1 aliphatic rings. The van der Waals surface area contributed by atoms with Gasteiger partial charge in [0.2, 0.25) is 0 Å². The Morgan fingerprint density at radius 3 is 2.96 bits per heavy atom. The van der Waals surface area contributed by atoms with Gasteiger partial charge in [-0.25, -0.2) is 14.5 Å². The molecular weight excluding hydrogens is 342 g/mol. The van der Waals surface area contributed by atoms with Gasteiger partial charge in [0.1, 0.15) is 17.3 Å². The zero-order chi connectivity index (χ0) is 18.2. The van der Waals surface area contributed by atoms with Crippen LogP contribution in [0.2, 0.25) is 0 Å². The smallest absolute Gasteiger partial charge is 0.154 e. The van der Waals surface area contributed by atoms with Gasteiger partial charge in [-0.3, -0.25) is 0 Å². The Kier molecular flexibility index (Phi) is 3.83. The minimum Gasteiger partial charge on any atom is -0.366 e. The highest BCUT2D eigenvalue weighted by Crippen LogP contribution is 2.24. The molecular formula is C19H19N7O. The number of imidazole rings is 1. The first-order chi connectivity index (χ1) is 13.3. The third-order valence-corrected chi connectivity index (χ3v) is 4.81. The van der Waals surface area contributed by atoms with E-state index in [0.717, 1.165) is 59.4 Å². The molecule has 0 bridgehead atoms. The van der Waals surface area contributed by atoms with Gasteiger partial charge in [-0.15, -0.1) is 0 Å². The van der Waals surface area contributed by atoms with Crippen LogP contribution >= 0.6 is 0 Å². The summed E-state index contributed by atoms with van der Waals surface area (Å²) >= 11 is 0. The lowest BCUT2D eigenvalue weighted by atomic mass is 10.2. The van der Waals surface area contributed by atoms with Crippen molar-refractivity contribution in [1.82, 2.24) is 30.1 Å². The normalized spacial score (nSPS) is 16.9. The second kappa shape index (κ2) is 6.48. The fraction of sp³-hybridized carbons (Fsp3) is 0.263. The Labute approximate surface area is 155 Å². The monoisotopic (exact) mass is 361 g/mol. The molecule has 2 N–H and O–H groups in total. The number of aryl methyl sites for hydroxylation is 1. The molecule has 0 saturated carbocycles. The molecule has 0 aromatic carbocycles. The number of nitrogens with one attached hydrogen (secondary N) is 2. The van der Waals surface area contributed by atoms with Crippen molar-refractivity contribution in [3.05, 3.63) is 48.5 Å². The van der Waals surface area contributed by atoms with E-state index in [2.05, 4.69) is 20.8 Å². The summed E-state index contributed by atoms with van der Waals surface area (Å²) in [5.74, 6) is 1.60. The molecule has 8 nitrogen and oxygen atoms in total. The predicted molar refractivity (Wildman–Crippen MR) is 101 cm³/mol. The highest BCUT2D eigenvalue weighted by atomic mass is 16.5. The predicted octanol–water partition coefficient (Wildman–Crippen LogP) is 2.53.